The maximum atomic E-state index is 8.58. The summed E-state index contributed by atoms with van der Waals surface area (Å²) >= 11 is 0.418. The van der Waals surface area contributed by atoms with E-state index in [-0.39, 0.29) is 0 Å². The van der Waals surface area contributed by atoms with Gasteiger partial charge < -0.3 is 0 Å². The van der Waals surface area contributed by atoms with Crippen LogP contribution in [0.2, 0.25) is 0 Å². The van der Waals surface area contributed by atoms with Crippen molar-refractivity contribution in [3.63, 3.8) is 0 Å². The van der Waals surface area contributed by atoms with E-state index in [1.165, 1.54) is 4.44 Å². The third-order valence-electron chi connectivity index (χ3n) is 1.67. The van der Waals surface area contributed by atoms with E-state index in [2.05, 4.69) is 28.1 Å². The molecule has 2 rings (SSSR count). The summed E-state index contributed by atoms with van der Waals surface area (Å²) in [6.45, 7) is 0. The van der Waals surface area contributed by atoms with Crippen molar-refractivity contribution >= 4 is 14.5 Å². The van der Waals surface area contributed by atoms with Gasteiger partial charge in [0.15, 0.2) is 0 Å². The van der Waals surface area contributed by atoms with E-state index < -0.39 is 0 Å². The second-order valence-corrected chi connectivity index (χ2v) is 4.51. The Hall–Kier alpha value is -1.36. The van der Waals surface area contributed by atoms with E-state index in [1.807, 2.05) is 6.07 Å². The number of nitriles is 1. The molecule has 3 heteroatoms. The molecule has 0 atom stereocenters. The number of pyridine rings is 1. The predicted octanol–water partition coefficient (Wildman–Crippen LogP) is 1.68. The molecule has 0 aromatic carbocycles. The molecule has 0 spiro atoms. The van der Waals surface area contributed by atoms with Gasteiger partial charge in [-0.25, -0.2) is 0 Å². The minimum atomic E-state index is 0.418. The van der Waals surface area contributed by atoms with Crippen molar-refractivity contribution in [3.05, 3.63) is 41.0 Å². The van der Waals surface area contributed by atoms with Crippen LogP contribution in [0.4, 0.5) is 0 Å². The fourth-order valence-electron chi connectivity index (χ4n) is 1.03. The van der Waals surface area contributed by atoms with Gasteiger partial charge in [0, 0.05) is 0 Å². The van der Waals surface area contributed by atoms with Crippen LogP contribution < -0.4 is 0 Å². The summed E-state index contributed by atoms with van der Waals surface area (Å²) in [6.07, 6.45) is 1.62. The van der Waals surface area contributed by atoms with Crippen molar-refractivity contribution in [2.45, 2.75) is 0 Å². The first kappa shape index (κ1) is 8.25. The number of hydrogen-bond acceptors (Lipinski definition) is 2. The minimum absolute atomic E-state index is 0.418. The second-order valence-electron chi connectivity index (χ2n) is 2.52. The summed E-state index contributed by atoms with van der Waals surface area (Å²) in [5.41, 5.74) is 1.60. The second kappa shape index (κ2) is 3.57. The summed E-state index contributed by atoms with van der Waals surface area (Å²) < 4.78 is 1.27. The van der Waals surface area contributed by atoms with Crippen LogP contribution in [0.15, 0.2) is 35.4 Å². The molecule has 0 saturated carbocycles. The molecule has 0 aliphatic heterocycles. The molecule has 2 aromatic rings. The summed E-state index contributed by atoms with van der Waals surface area (Å²) in [5, 5.41) is 8.58. The van der Waals surface area contributed by atoms with Crippen LogP contribution in [0.1, 0.15) is 5.56 Å². The summed E-state index contributed by atoms with van der Waals surface area (Å²) in [7, 11) is 0. The molecular weight excluding hydrogens is 227 g/mol. The Morgan fingerprint density at radius 3 is 2.77 bits per heavy atom. The third-order valence-corrected chi connectivity index (χ3v) is 3.54. The summed E-state index contributed by atoms with van der Waals surface area (Å²) in [4.78, 5) is 6.37. The fraction of sp³-hybridized carbons (Fsp3) is 0. The predicted molar refractivity (Wildman–Crippen MR) is 51.3 cm³/mol. The average Bonchev–Trinajstić information content (AvgIpc) is 2.71. The molecule has 0 unspecified atom stereocenters. The molecule has 2 aromatic heterocycles. The van der Waals surface area contributed by atoms with E-state index >= 15 is 0 Å². The Morgan fingerprint density at radius 1 is 1.31 bits per heavy atom. The van der Waals surface area contributed by atoms with Gasteiger partial charge in [-0.15, -0.1) is 0 Å². The van der Waals surface area contributed by atoms with Gasteiger partial charge in [-0.1, -0.05) is 0 Å². The fourth-order valence-corrected chi connectivity index (χ4v) is 2.50. The van der Waals surface area contributed by atoms with E-state index in [9.17, 15) is 0 Å². The van der Waals surface area contributed by atoms with Gasteiger partial charge in [-0.2, -0.15) is 0 Å². The van der Waals surface area contributed by atoms with Gasteiger partial charge >= 0.3 is 81.9 Å². The van der Waals surface area contributed by atoms with Gasteiger partial charge in [-0.3, -0.25) is 0 Å². The molecule has 0 aliphatic carbocycles. The van der Waals surface area contributed by atoms with Gasteiger partial charge in [-0.05, 0) is 0 Å². The molecular formula is C10H6N2Se. The van der Waals surface area contributed by atoms with E-state index in [1.54, 1.807) is 12.3 Å². The van der Waals surface area contributed by atoms with Crippen LogP contribution in [0, 0.1) is 11.3 Å². The molecule has 0 saturated heterocycles. The summed E-state index contributed by atoms with van der Waals surface area (Å²) in [6, 6.07) is 9.89. The Bertz CT molecular complexity index is 423. The van der Waals surface area contributed by atoms with Crippen LogP contribution in [0.25, 0.3) is 10.1 Å². The summed E-state index contributed by atoms with van der Waals surface area (Å²) in [5.74, 6) is 0. The standard InChI is InChI=1S/C10H6N2Se/c11-6-8-3-4-9(12-7-8)10-2-1-5-13-10/h1-5,7H. The first-order valence-electron chi connectivity index (χ1n) is 3.80. The van der Waals surface area contributed by atoms with Gasteiger partial charge in [0.2, 0.25) is 0 Å². The van der Waals surface area contributed by atoms with Gasteiger partial charge in [0.25, 0.3) is 0 Å². The first-order chi connectivity index (χ1) is 6.40. The average molecular weight is 233 g/mol. The zero-order valence-corrected chi connectivity index (χ0v) is 8.48. The van der Waals surface area contributed by atoms with E-state index in [0.717, 1.165) is 5.69 Å². The van der Waals surface area contributed by atoms with Crippen molar-refractivity contribution < 1.29 is 0 Å². The quantitative estimate of drug-likeness (QED) is 0.702. The van der Waals surface area contributed by atoms with Crippen molar-refractivity contribution in [2.75, 3.05) is 0 Å². The van der Waals surface area contributed by atoms with Crippen molar-refractivity contribution in [1.82, 2.24) is 4.98 Å². The molecule has 0 radical (unpaired) electrons. The normalized spacial score (nSPS) is 9.46. The zero-order valence-electron chi connectivity index (χ0n) is 6.77. The number of hydrogen-bond donors (Lipinski definition) is 0. The van der Waals surface area contributed by atoms with Crippen LogP contribution in [0.5, 0.6) is 0 Å². The Labute approximate surface area is 82.2 Å². The van der Waals surface area contributed by atoms with Crippen LogP contribution in [-0.4, -0.2) is 19.5 Å². The van der Waals surface area contributed by atoms with Crippen molar-refractivity contribution in [2.24, 2.45) is 0 Å². The van der Waals surface area contributed by atoms with Gasteiger partial charge in [0.1, 0.15) is 0 Å². The Kier molecular flexibility index (Phi) is 2.27. The Morgan fingerprint density at radius 2 is 2.23 bits per heavy atom. The zero-order chi connectivity index (χ0) is 9.10. The molecule has 0 N–H and O–H groups in total. The Balaban J connectivity index is 2.40. The molecule has 2 heterocycles. The van der Waals surface area contributed by atoms with Gasteiger partial charge in [0.05, 0.1) is 0 Å². The monoisotopic (exact) mass is 234 g/mol. The third kappa shape index (κ3) is 1.70. The molecule has 0 amide bonds. The van der Waals surface area contributed by atoms with Crippen LogP contribution in [-0.2, 0) is 0 Å². The number of aromatic nitrogens is 1. The molecule has 2 nitrogen and oxygen atoms in total. The molecule has 0 bridgehead atoms. The molecule has 62 valence electrons. The SMILES string of the molecule is N#Cc1ccc(-c2ccc[se]2)nc1. The first-order valence-corrected chi connectivity index (χ1v) is 5.65. The van der Waals surface area contributed by atoms with Crippen molar-refractivity contribution in [1.29, 1.82) is 5.26 Å². The molecule has 0 fully saturated rings. The molecule has 0 aliphatic rings. The van der Waals surface area contributed by atoms with Crippen LogP contribution in [0.3, 0.4) is 0 Å². The maximum absolute atomic E-state index is 8.58. The number of nitrogens with zero attached hydrogens (tertiary/aromatic N) is 2. The van der Waals surface area contributed by atoms with E-state index in [0.29, 0.717) is 20.1 Å². The molecule has 13 heavy (non-hydrogen) atoms. The topological polar surface area (TPSA) is 36.7 Å². The van der Waals surface area contributed by atoms with Crippen molar-refractivity contribution in [3.8, 4) is 16.2 Å². The van der Waals surface area contributed by atoms with E-state index in [4.69, 9.17) is 5.26 Å². The van der Waals surface area contributed by atoms with Crippen LogP contribution >= 0.6 is 0 Å². The number of rotatable bonds is 1.